The van der Waals surface area contributed by atoms with Crippen molar-refractivity contribution in [1.29, 1.82) is 0 Å². The van der Waals surface area contributed by atoms with Gasteiger partial charge in [-0.15, -0.1) is 0 Å². The Morgan fingerprint density at radius 3 is 1.29 bits per heavy atom. The first kappa shape index (κ1) is 12.8. The van der Waals surface area contributed by atoms with Crippen molar-refractivity contribution in [2.45, 2.75) is 25.7 Å². The van der Waals surface area contributed by atoms with Crippen LogP contribution in [0, 0.1) is 0 Å². The number of aryl methyl sites for hydroxylation is 4. The fraction of sp³-hybridized carbons (Fsp3) is 0.167. The lowest BCUT2D eigenvalue weighted by atomic mass is 9.91. The zero-order valence-electron chi connectivity index (χ0n) is 13.6. The van der Waals surface area contributed by atoms with E-state index >= 15 is 0 Å². The number of hydrogen-bond donors (Lipinski definition) is 0. The van der Waals surface area contributed by atoms with E-state index in [-0.39, 0.29) is 0 Å². The summed E-state index contributed by atoms with van der Waals surface area (Å²) in [6.07, 6.45) is 4.78. The van der Waals surface area contributed by atoms with Crippen molar-refractivity contribution in [3.8, 4) is 11.1 Å². The molecule has 0 fully saturated rings. The zero-order chi connectivity index (χ0) is 15.7. The summed E-state index contributed by atoms with van der Waals surface area (Å²) in [5, 5.41) is 5.89. The summed E-state index contributed by atoms with van der Waals surface area (Å²) in [6.45, 7) is 0. The average Bonchev–Trinajstić information content (AvgIpc) is 3.24. The van der Waals surface area contributed by atoms with Gasteiger partial charge in [-0.2, -0.15) is 0 Å². The summed E-state index contributed by atoms with van der Waals surface area (Å²) in [5.74, 6) is 0. The monoisotopic (exact) mass is 306 g/mol. The Labute approximate surface area is 141 Å². The molecule has 0 nitrogen and oxygen atoms in total. The van der Waals surface area contributed by atoms with Gasteiger partial charge in [-0.1, -0.05) is 60.7 Å². The molecule has 0 heteroatoms. The minimum absolute atomic E-state index is 1.19. The van der Waals surface area contributed by atoms with E-state index in [1.54, 1.807) is 0 Å². The molecule has 0 radical (unpaired) electrons. The van der Waals surface area contributed by atoms with E-state index in [9.17, 15) is 0 Å². The van der Waals surface area contributed by atoms with E-state index in [0.717, 1.165) is 0 Å². The predicted molar refractivity (Wildman–Crippen MR) is 102 cm³/mol. The Kier molecular flexibility index (Phi) is 2.38. The number of benzene rings is 4. The topological polar surface area (TPSA) is 0 Å². The van der Waals surface area contributed by atoms with Crippen molar-refractivity contribution < 1.29 is 0 Å². The molecule has 4 aromatic rings. The van der Waals surface area contributed by atoms with E-state index in [0.29, 0.717) is 0 Å². The lowest BCUT2D eigenvalue weighted by Crippen LogP contribution is -1.88. The lowest BCUT2D eigenvalue weighted by molar-refractivity contribution is 1.02. The highest BCUT2D eigenvalue weighted by Gasteiger charge is 2.20. The quantitative estimate of drug-likeness (QED) is 0.413. The summed E-state index contributed by atoms with van der Waals surface area (Å²) >= 11 is 0. The molecular weight excluding hydrogens is 288 g/mol. The maximum Gasteiger partial charge on any atom is -0.00989 e. The molecule has 0 spiro atoms. The van der Waals surface area contributed by atoms with Crippen molar-refractivity contribution in [2.24, 2.45) is 0 Å². The van der Waals surface area contributed by atoms with Crippen LogP contribution < -0.4 is 0 Å². The van der Waals surface area contributed by atoms with E-state index in [1.165, 1.54) is 80.6 Å². The fourth-order valence-corrected chi connectivity index (χ4v) is 4.96. The lowest BCUT2D eigenvalue weighted by Gasteiger charge is -2.13. The molecule has 0 atom stereocenters. The van der Waals surface area contributed by atoms with E-state index in [4.69, 9.17) is 0 Å². The molecule has 114 valence electrons. The zero-order valence-corrected chi connectivity index (χ0v) is 13.6. The van der Waals surface area contributed by atoms with Crippen molar-refractivity contribution in [1.82, 2.24) is 0 Å². The van der Waals surface area contributed by atoms with Crippen molar-refractivity contribution in [2.75, 3.05) is 0 Å². The highest BCUT2D eigenvalue weighted by atomic mass is 14.2. The molecule has 0 saturated heterocycles. The molecule has 24 heavy (non-hydrogen) atoms. The third kappa shape index (κ3) is 1.54. The molecule has 6 rings (SSSR count). The predicted octanol–water partition coefficient (Wildman–Crippen LogP) is 5.86. The molecule has 0 bridgehead atoms. The van der Waals surface area contributed by atoms with E-state index < -0.39 is 0 Å². The Bertz CT molecular complexity index is 1030. The van der Waals surface area contributed by atoms with E-state index in [1.807, 2.05) is 0 Å². The molecule has 0 aliphatic heterocycles. The third-order valence-electron chi connectivity index (χ3n) is 6.04. The molecule has 2 aliphatic rings. The van der Waals surface area contributed by atoms with Gasteiger partial charge in [-0.3, -0.25) is 0 Å². The highest BCUT2D eigenvalue weighted by Crippen LogP contribution is 2.41. The van der Waals surface area contributed by atoms with Gasteiger partial charge >= 0.3 is 0 Å². The summed E-state index contributed by atoms with van der Waals surface area (Å²) in [5.41, 5.74) is 8.89. The minimum atomic E-state index is 1.19. The Balaban J connectivity index is 1.75. The van der Waals surface area contributed by atoms with Crippen LogP contribution in [0.3, 0.4) is 0 Å². The molecule has 0 N–H and O–H groups in total. The van der Waals surface area contributed by atoms with Gasteiger partial charge in [-0.05, 0) is 80.6 Å². The fourth-order valence-electron chi connectivity index (χ4n) is 4.96. The molecule has 0 saturated carbocycles. The normalized spacial score (nSPS) is 14.8. The van der Waals surface area contributed by atoms with Crippen molar-refractivity contribution >= 4 is 21.5 Å². The number of hydrogen-bond acceptors (Lipinski definition) is 0. The first-order valence-electron chi connectivity index (χ1n) is 8.97. The smallest absolute Gasteiger partial charge is 0.00989 e. The molecular formula is C24H18. The van der Waals surface area contributed by atoms with Crippen LogP contribution >= 0.6 is 0 Å². The average molecular weight is 306 g/mol. The molecule has 0 amide bonds. The molecule has 4 aromatic carbocycles. The van der Waals surface area contributed by atoms with Gasteiger partial charge < -0.3 is 0 Å². The van der Waals surface area contributed by atoms with Gasteiger partial charge in [0.2, 0.25) is 0 Å². The second-order valence-corrected chi connectivity index (χ2v) is 7.22. The Morgan fingerprint density at radius 1 is 0.417 bits per heavy atom. The Hall–Kier alpha value is -2.60. The molecule has 0 unspecified atom stereocenters. The minimum Gasteiger partial charge on any atom is -0.0613 e. The molecule has 0 aromatic heterocycles. The van der Waals surface area contributed by atoms with Crippen LogP contribution in [0.15, 0.2) is 60.7 Å². The standard InChI is InChI=1S/C24H18/c1-3-15-7-9-17-11-13-19(21(5-1)23(15)17)20-14-12-18-10-8-16-4-2-6-22(20)24(16)18/h1-6,11-14H,7-10H2. The second kappa shape index (κ2) is 4.48. The SMILES string of the molecule is c1cc2c3c(ccc(-c4ccc5c6c(cccc46)CC5)c3c1)CC2. The van der Waals surface area contributed by atoms with Gasteiger partial charge in [0, 0.05) is 0 Å². The molecule has 0 heterocycles. The maximum absolute atomic E-state index is 2.36. The van der Waals surface area contributed by atoms with Crippen LogP contribution in [0.1, 0.15) is 22.3 Å². The first-order chi connectivity index (χ1) is 11.9. The second-order valence-electron chi connectivity index (χ2n) is 7.22. The van der Waals surface area contributed by atoms with Gasteiger partial charge in [0.05, 0.1) is 0 Å². The summed E-state index contributed by atoms with van der Waals surface area (Å²) in [4.78, 5) is 0. The van der Waals surface area contributed by atoms with Crippen molar-refractivity contribution in [3.63, 3.8) is 0 Å². The van der Waals surface area contributed by atoms with Crippen molar-refractivity contribution in [3.05, 3.63) is 82.9 Å². The summed E-state index contributed by atoms with van der Waals surface area (Å²) in [7, 11) is 0. The van der Waals surface area contributed by atoms with Gasteiger partial charge in [0.25, 0.3) is 0 Å². The van der Waals surface area contributed by atoms with Crippen LogP contribution in [0.4, 0.5) is 0 Å². The highest BCUT2D eigenvalue weighted by molar-refractivity contribution is 6.09. The number of rotatable bonds is 1. The van der Waals surface area contributed by atoms with Crippen LogP contribution in [0.2, 0.25) is 0 Å². The van der Waals surface area contributed by atoms with Crippen LogP contribution in [-0.4, -0.2) is 0 Å². The summed E-state index contributed by atoms with van der Waals surface area (Å²) < 4.78 is 0. The van der Waals surface area contributed by atoms with Crippen LogP contribution in [0.5, 0.6) is 0 Å². The van der Waals surface area contributed by atoms with Crippen LogP contribution in [-0.2, 0) is 25.7 Å². The van der Waals surface area contributed by atoms with Gasteiger partial charge in [-0.25, -0.2) is 0 Å². The first-order valence-corrected chi connectivity index (χ1v) is 8.97. The molecule has 2 aliphatic carbocycles. The Morgan fingerprint density at radius 2 is 0.833 bits per heavy atom. The maximum atomic E-state index is 2.36. The van der Waals surface area contributed by atoms with Crippen LogP contribution in [0.25, 0.3) is 32.7 Å². The summed E-state index contributed by atoms with van der Waals surface area (Å²) in [6, 6.07) is 23.1. The van der Waals surface area contributed by atoms with Gasteiger partial charge in [0.1, 0.15) is 0 Å². The van der Waals surface area contributed by atoms with Gasteiger partial charge in [0.15, 0.2) is 0 Å². The third-order valence-corrected chi connectivity index (χ3v) is 6.04. The van der Waals surface area contributed by atoms with E-state index in [2.05, 4.69) is 60.7 Å². The largest absolute Gasteiger partial charge is 0.0613 e.